The van der Waals surface area contributed by atoms with E-state index >= 15 is 0 Å². The SMILES string of the molecule is C[C@@H](OCC1CC1)C(=O)NC[C@@H]1C[C@H](F)CN1Cc1ccnn1C. The molecule has 1 saturated heterocycles. The Balaban J connectivity index is 1.46. The van der Waals surface area contributed by atoms with Crippen LogP contribution in [0.1, 0.15) is 31.9 Å². The van der Waals surface area contributed by atoms with E-state index in [9.17, 15) is 9.18 Å². The molecular weight excluding hydrogens is 311 g/mol. The maximum absolute atomic E-state index is 13.9. The average molecular weight is 338 g/mol. The molecule has 1 amide bonds. The van der Waals surface area contributed by atoms with Crippen molar-refractivity contribution in [2.24, 2.45) is 13.0 Å². The fourth-order valence-electron chi connectivity index (χ4n) is 3.10. The van der Waals surface area contributed by atoms with Crippen LogP contribution in [0, 0.1) is 5.92 Å². The lowest BCUT2D eigenvalue weighted by Gasteiger charge is -2.24. The first-order valence-electron chi connectivity index (χ1n) is 8.77. The first-order valence-corrected chi connectivity index (χ1v) is 8.77. The predicted octanol–water partition coefficient (Wildman–Crippen LogP) is 1.26. The van der Waals surface area contributed by atoms with Crippen LogP contribution < -0.4 is 5.32 Å². The molecule has 3 rings (SSSR count). The number of rotatable bonds is 8. The van der Waals surface area contributed by atoms with Crippen molar-refractivity contribution in [3.63, 3.8) is 0 Å². The number of likely N-dealkylation sites (tertiary alicyclic amines) is 1. The fraction of sp³-hybridized carbons (Fsp3) is 0.765. The topological polar surface area (TPSA) is 59.4 Å². The Labute approximate surface area is 142 Å². The minimum absolute atomic E-state index is 0.00878. The second-order valence-electron chi connectivity index (χ2n) is 7.03. The Morgan fingerprint density at radius 2 is 2.33 bits per heavy atom. The van der Waals surface area contributed by atoms with Crippen LogP contribution in [0.25, 0.3) is 0 Å². The van der Waals surface area contributed by atoms with Crippen molar-refractivity contribution in [2.75, 3.05) is 19.7 Å². The van der Waals surface area contributed by atoms with Gasteiger partial charge in [-0.2, -0.15) is 5.10 Å². The number of alkyl halides is 1. The van der Waals surface area contributed by atoms with Gasteiger partial charge in [0.2, 0.25) is 5.91 Å². The number of amides is 1. The third-order valence-corrected chi connectivity index (χ3v) is 4.92. The molecule has 2 aliphatic rings. The summed E-state index contributed by atoms with van der Waals surface area (Å²) in [6.45, 7) is 3.94. The molecule has 134 valence electrons. The highest BCUT2D eigenvalue weighted by atomic mass is 19.1. The summed E-state index contributed by atoms with van der Waals surface area (Å²) in [5, 5.41) is 7.07. The van der Waals surface area contributed by atoms with Gasteiger partial charge >= 0.3 is 0 Å². The largest absolute Gasteiger partial charge is 0.368 e. The maximum Gasteiger partial charge on any atom is 0.248 e. The van der Waals surface area contributed by atoms with Crippen LogP contribution in [-0.2, 0) is 23.1 Å². The third kappa shape index (κ3) is 4.54. The quantitative estimate of drug-likeness (QED) is 0.775. The Bertz CT molecular complexity index is 561. The van der Waals surface area contributed by atoms with Crippen molar-refractivity contribution in [3.05, 3.63) is 18.0 Å². The molecule has 24 heavy (non-hydrogen) atoms. The highest BCUT2D eigenvalue weighted by Crippen LogP contribution is 2.29. The van der Waals surface area contributed by atoms with Crippen LogP contribution >= 0.6 is 0 Å². The zero-order valence-corrected chi connectivity index (χ0v) is 14.4. The molecule has 0 radical (unpaired) electrons. The van der Waals surface area contributed by atoms with Crippen LogP contribution in [-0.4, -0.2) is 58.6 Å². The maximum atomic E-state index is 13.9. The summed E-state index contributed by atoms with van der Waals surface area (Å²) in [4.78, 5) is 14.2. The lowest BCUT2D eigenvalue weighted by atomic mass is 10.2. The monoisotopic (exact) mass is 338 g/mol. The molecule has 2 heterocycles. The second kappa shape index (κ2) is 7.61. The highest BCUT2D eigenvalue weighted by molar-refractivity contribution is 5.80. The number of aryl methyl sites for hydroxylation is 1. The summed E-state index contributed by atoms with van der Waals surface area (Å²) in [7, 11) is 1.88. The van der Waals surface area contributed by atoms with Crippen LogP contribution in [0.2, 0.25) is 0 Å². The fourth-order valence-corrected chi connectivity index (χ4v) is 3.10. The molecule has 6 nitrogen and oxygen atoms in total. The first-order chi connectivity index (χ1) is 11.5. The molecule has 3 atom stereocenters. The number of halogens is 1. The number of nitrogens with zero attached hydrogens (tertiary/aromatic N) is 3. The molecule has 0 spiro atoms. The van der Waals surface area contributed by atoms with Crippen molar-refractivity contribution in [1.82, 2.24) is 20.0 Å². The number of hydrogen-bond donors (Lipinski definition) is 1. The van der Waals surface area contributed by atoms with Crippen molar-refractivity contribution >= 4 is 5.91 Å². The summed E-state index contributed by atoms with van der Waals surface area (Å²) >= 11 is 0. The smallest absolute Gasteiger partial charge is 0.248 e. The van der Waals surface area contributed by atoms with Gasteiger partial charge in [0.05, 0.1) is 12.3 Å². The average Bonchev–Trinajstić information content (AvgIpc) is 3.21. The molecule has 2 fully saturated rings. The molecule has 1 aliphatic heterocycles. The normalized spacial score (nSPS) is 25.8. The molecule has 1 aromatic heterocycles. The van der Waals surface area contributed by atoms with Crippen molar-refractivity contribution in [3.8, 4) is 0 Å². The molecule has 1 aliphatic carbocycles. The highest BCUT2D eigenvalue weighted by Gasteiger charge is 2.33. The predicted molar refractivity (Wildman–Crippen MR) is 88.1 cm³/mol. The van der Waals surface area contributed by atoms with E-state index in [0.29, 0.717) is 38.6 Å². The van der Waals surface area contributed by atoms with Crippen molar-refractivity contribution in [2.45, 2.75) is 51.0 Å². The Kier molecular flexibility index (Phi) is 5.50. The number of nitrogens with one attached hydrogen (secondary N) is 1. The van der Waals surface area contributed by atoms with Gasteiger partial charge in [0.1, 0.15) is 12.3 Å². The van der Waals surface area contributed by atoms with Gasteiger partial charge in [0, 0.05) is 38.9 Å². The Morgan fingerprint density at radius 1 is 1.54 bits per heavy atom. The van der Waals surface area contributed by atoms with Gasteiger partial charge in [-0.1, -0.05) is 0 Å². The molecule has 0 bridgehead atoms. The van der Waals surface area contributed by atoms with Gasteiger partial charge in [-0.25, -0.2) is 4.39 Å². The minimum Gasteiger partial charge on any atom is -0.368 e. The number of hydrogen-bond acceptors (Lipinski definition) is 4. The number of ether oxygens (including phenoxy) is 1. The van der Waals surface area contributed by atoms with Crippen molar-refractivity contribution < 1.29 is 13.9 Å². The lowest BCUT2D eigenvalue weighted by molar-refractivity contribution is -0.132. The summed E-state index contributed by atoms with van der Waals surface area (Å²) in [5.74, 6) is 0.523. The lowest BCUT2D eigenvalue weighted by Crippen LogP contribution is -2.43. The van der Waals surface area contributed by atoms with Gasteiger partial charge in [0.15, 0.2) is 0 Å². The van der Waals surface area contributed by atoms with E-state index in [0.717, 1.165) is 5.69 Å². The Hall–Kier alpha value is -1.47. The molecule has 1 N–H and O–H groups in total. The molecular formula is C17H27FN4O2. The first kappa shape index (κ1) is 17.4. The molecule has 0 unspecified atom stereocenters. The Morgan fingerprint density at radius 3 is 3.00 bits per heavy atom. The zero-order valence-electron chi connectivity index (χ0n) is 14.4. The molecule has 1 aromatic rings. The van der Waals surface area contributed by atoms with E-state index in [4.69, 9.17) is 4.74 Å². The summed E-state index contributed by atoms with van der Waals surface area (Å²) in [6.07, 6.45) is 3.32. The summed E-state index contributed by atoms with van der Waals surface area (Å²) < 4.78 is 21.2. The molecule has 1 saturated carbocycles. The van der Waals surface area contributed by atoms with E-state index in [-0.39, 0.29) is 11.9 Å². The van der Waals surface area contributed by atoms with Crippen molar-refractivity contribution in [1.29, 1.82) is 0 Å². The van der Waals surface area contributed by atoms with E-state index in [1.807, 2.05) is 13.1 Å². The molecule has 7 heteroatoms. The second-order valence-corrected chi connectivity index (χ2v) is 7.03. The van der Waals surface area contributed by atoms with Crippen LogP contribution in [0.5, 0.6) is 0 Å². The summed E-state index contributed by atoms with van der Waals surface area (Å²) in [6, 6.07) is 1.95. The standard InChI is InChI=1S/C17H27FN4O2/c1-12(24-11-13-3-4-13)17(23)19-8-16-7-14(18)9-22(16)10-15-5-6-20-21(15)2/h5-6,12-14,16H,3-4,7-11H2,1-2H3,(H,19,23)/t12-,14+,16+/m1/s1. The zero-order chi connectivity index (χ0) is 17.1. The van der Waals surface area contributed by atoms with E-state index in [1.54, 1.807) is 17.8 Å². The van der Waals surface area contributed by atoms with Gasteiger partial charge in [-0.05, 0) is 38.2 Å². The van der Waals surface area contributed by atoms with Gasteiger partial charge < -0.3 is 10.1 Å². The van der Waals surface area contributed by atoms with Gasteiger partial charge in [-0.3, -0.25) is 14.4 Å². The third-order valence-electron chi connectivity index (χ3n) is 4.92. The van der Waals surface area contributed by atoms with E-state index in [1.165, 1.54) is 12.8 Å². The van der Waals surface area contributed by atoms with Crippen LogP contribution in [0.4, 0.5) is 4.39 Å². The summed E-state index contributed by atoms with van der Waals surface area (Å²) in [5.41, 5.74) is 1.04. The molecule has 0 aromatic carbocycles. The number of carbonyl (C=O) groups is 1. The minimum atomic E-state index is -0.844. The number of aromatic nitrogens is 2. The van der Waals surface area contributed by atoms with Crippen LogP contribution in [0.15, 0.2) is 12.3 Å². The van der Waals surface area contributed by atoms with Crippen LogP contribution in [0.3, 0.4) is 0 Å². The van der Waals surface area contributed by atoms with E-state index in [2.05, 4.69) is 15.3 Å². The number of carbonyl (C=O) groups excluding carboxylic acids is 1. The van der Waals surface area contributed by atoms with Gasteiger partial charge in [0.25, 0.3) is 0 Å². The van der Waals surface area contributed by atoms with Gasteiger partial charge in [-0.15, -0.1) is 0 Å². The van der Waals surface area contributed by atoms with E-state index < -0.39 is 12.3 Å².